The van der Waals surface area contributed by atoms with Crippen molar-refractivity contribution in [2.24, 2.45) is 0 Å². The van der Waals surface area contributed by atoms with E-state index < -0.39 is 0 Å². The number of carbonyl (C=O) groups is 1. The number of aryl methyl sites for hydroxylation is 1. The van der Waals surface area contributed by atoms with Crippen molar-refractivity contribution >= 4 is 11.6 Å². The maximum Gasteiger partial charge on any atom is 0.239 e. The Bertz CT molecular complexity index is 653. The number of nitrogens with one attached hydrogen (secondary N) is 2. The van der Waals surface area contributed by atoms with Crippen molar-refractivity contribution in [3.63, 3.8) is 0 Å². The quantitative estimate of drug-likeness (QED) is 0.883. The molecule has 0 radical (unpaired) electrons. The Morgan fingerprint density at radius 3 is 2.50 bits per heavy atom. The molecule has 3 nitrogen and oxygen atoms in total. The Morgan fingerprint density at radius 1 is 1.14 bits per heavy atom. The minimum Gasteiger partial charge on any atom is -0.376 e. The summed E-state index contributed by atoms with van der Waals surface area (Å²) < 4.78 is 12.9. The molecule has 1 amide bonds. The van der Waals surface area contributed by atoms with Gasteiger partial charge in [0.15, 0.2) is 0 Å². The Kier molecular flexibility index (Phi) is 5.15. The highest BCUT2D eigenvalue weighted by atomic mass is 19.1. The van der Waals surface area contributed by atoms with E-state index in [0.29, 0.717) is 0 Å². The van der Waals surface area contributed by atoms with Crippen molar-refractivity contribution in [3.8, 4) is 0 Å². The molecule has 0 aliphatic heterocycles. The van der Waals surface area contributed by atoms with E-state index in [1.54, 1.807) is 12.1 Å². The van der Waals surface area contributed by atoms with Crippen LogP contribution in [0, 0.1) is 19.7 Å². The van der Waals surface area contributed by atoms with Gasteiger partial charge in [-0.25, -0.2) is 4.39 Å². The highest BCUT2D eigenvalue weighted by Crippen LogP contribution is 2.17. The van der Waals surface area contributed by atoms with Crippen LogP contribution in [0.1, 0.15) is 29.7 Å². The number of anilines is 1. The molecule has 2 N–H and O–H groups in total. The molecule has 0 fully saturated rings. The lowest BCUT2D eigenvalue weighted by Crippen LogP contribution is -2.32. The third-order valence-corrected chi connectivity index (χ3v) is 3.79. The summed E-state index contributed by atoms with van der Waals surface area (Å²) in [5.41, 5.74) is 4.16. The maximum absolute atomic E-state index is 12.9. The van der Waals surface area contributed by atoms with Crippen LogP contribution in [0.5, 0.6) is 0 Å². The van der Waals surface area contributed by atoms with Crippen LogP contribution in [0.4, 0.5) is 10.1 Å². The lowest BCUT2D eigenvalue weighted by molar-refractivity contribution is -0.120. The second-order valence-electron chi connectivity index (χ2n) is 5.44. The molecule has 0 aliphatic carbocycles. The zero-order chi connectivity index (χ0) is 16.1. The van der Waals surface area contributed by atoms with Gasteiger partial charge in [-0.05, 0) is 55.7 Å². The topological polar surface area (TPSA) is 41.1 Å². The molecule has 4 heteroatoms. The minimum atomic E-state index is -0.279. The molecule has 1 atom stereocenters. The monoisotopic (exact) mass is 300 g/mol. The molecule has 0 saturated carbocycles. The Morgan fingerprint density at radius 2 is 1.82 bits per heavy atom. The average Bonchev–Trinajstić information content (AvgIpc) is 2.49. The maximum atomic E-state index is 12.9. The fraction of sp³-hybridized carbons (Fsp3) is 0.278. The van der Waals surface area contributed by atoms with Crippen molar-refractivity contribution in [2.45, 2.75) is 26.8 Å². The van der Waals surface area contributed by atoms with Crippen molar-refractivity contribution in [1.82, 2.24) is 5.32 Å². The minimum absolute atomic E-state index is 0.0993. The van der Waals surface area contributed by atoms with Gasteiger partial charge in [0.05, 0.1) is 12.6 Å². The van der Waals surface area contributed by atoms with Crippen LogP contribution in [0.2, 0.25) is 0 Å². The van der Waals surface area contributed by atoms with Crippen molar-refractivity contribution in [1.29, 1.82) is 0 Å². The largest absolute Gasteiger partial charge is 0.376 e. The van der Waals surface area contributed by atoms with Gasteiger partial charge in [0.25, 0.3) is 0 Å². The first-order valence-electron chi connectivity index (χ1n) is 7.32. The van der Waals surface area contributed by atoms with Gasteiger partial charge < -0.3 is 10.6 Å². The SMILES string of the molecule is Cc1cccc(NCC(=O)NC(C)c2ccc(F)cc2)c1C. The van der Waals surface area contributed by atoms with Crippen LogP contribution < -0.4 is 10.6 Å². The molecule has 22 heavy (non-hydrogen) atoms. The summed E-state index contributed by atoms with van der Waals surface area (Å²) in [6, 6.07) is 11.9. The van der Waals surface area contributed by atoms with Gasteiger partial charge in [0.1, 0.15) is 5.82 Å². The summed E-state index contributed by atoms with van der Waals surface area (Å²) in [4.78, 5) is 12.0. The van der Waals surface area contributed by atoms with Crippen LogP contribution in [0.25, 0.3) is 0 Å². The number of benzene rings is 2. The Labute approximate surface area is 130 Å². The molecule has 2 aromatic carbocycles. The summed E-state index contributed by atoms with van der Waals surface area (Å²) in [6.45, 7) is 6.15. The van der Waals surface area contributed by atoms with Crippen LogP contribution in [0.3, 0.4) is 0 Å². The summed E-state index contributed by atoms with van der Waals surface area (Å²) >= 11 is 0. The van der Waals surface area contributed by atoms with Gasteiger partial charge in [0.2, 0.25) is 5.91 Å². The third kappa shape index (κ3) is 4.07. The van der Waals surface area contributed by atoms with E-state index in [2.05, 4.69) is 10.6 Å². The highest BCUT2D eigenvalue weighted by molar-refractivity contribution is 5.81. The lowest BCUT2D eigenvalue weighted by Gasteiger charge is -2.16. The standard InChI is InChI=1S/C18H21FN2O/c1-12-5-4-6-17(13(12)2)20-11-18(22)21-14(3)15-7-9-16(19)10-8-15/h4-10,14,20H,11H2,1-3H3,(H,21,22). The summed E-state index contributed by atoms with van der Waals surface area (Å²) in [6.07, 6.45) is 0. The van der Waals surface area contributed by atoms with E-state index >= 15 is 0 Å². The van der Waals surface area contributed by atoms with Crippen LogP contribution in [0.15, 0.2) is 42.5 Å². The van der Waals surface area contributed by atoms with E-state index in [1.807, 2.05) is 39.0 Å². The van der Waals surface area contributed by atoms with Gasteiger partial charge in [-0.15, -0.1) is 0 Å². The molecule has 0 aliphatic rings. The van der Waals surface area contributed by atoms with Gasteiger partial charge >= 0.3 is 0 Å². The fourth-order valence-corrected chi connectivity index (χ4v) is 2.25. The first kappa shape index (κ1) is 16.0. The predicted octanol–water partition coefficient (Wildman–Crippen LogP) is 3.73. The molecule has 0 heterocycles. The van der Waals surface area contributed by atoms with Crippen LogP contribution in [-0.4, -0.2) is 12.5 Å². The second kappa shape index (κ2) is 7.07. The molecular formula is C18H21FN2O. The first-order valence-corrected chi connectivity index (χ1v) is 7.32. The number of rotatable bonds is 5. The molecule has 2 aromatic rings. The molecule has 1 unspecified atom stereocenters. The highest BCUT2D eigenvalue weighted by Gasteiger charge is 2.10. The number of hydrogen-bond donors (Lipinski definition) is 2. The van der Waals surface area contributed by atoms with Crippen molar-refractivity contribution in [2.75, 3.05) is 11.9 Å². The molecule has 116 valence electrons. The summed E-state index contributed by atoms with van der Waals surface area (Å²) in [5.74, 6) is -0.378. The smallest absolute Gasteiger partial charge is 0.239 e. The molecule has 0 saturated heterocycles. The average molecular weight is 300 g/mol. The second-order valence-corrected chi connectivity index (χ2v) is 5.44. The molecule has 0 bridgehead atoms. The van der Waals surface area contributed by atoms with E-state index in [4.69, 9.17) is 0 Å². The van der Waals surface area contributed by atoms with Gasteiger partial charge in [-0.2, -0.15) is 0 Å². The van der Waals surface area contributed by atoms with Gasteiger partial charge in [0, 0.05) is 5.69 Å². The van der Waals surface area contributed by atoms with Crippen LogP contribution in [-0.2, 0) is 4.79 Å². The normalized spacial score (nSPS) is 11.8. The number of hydrogen-bond acceptors (Lipinski definition) is 2. The van der Waals surface area contributed by atoms with Crippen LogP contribution >= 0.6 is 0 Å². The summed E-state index contributed by atoms with van der Waals surface area (Å²) in [5, 5.41) is 6.04. The number of halogens is 1. The molecule has 2 rings (SSSR count). The van der Waals surface area contributed by atoms with Gasteiger partial charge in [-0.1, -0.05) is 24.3 Å². The van der Waals surface area contributed by atoms with Gasteiger partial charge in [-0.3, -0.25) is 4.79 Å². The third-order valence-electron chi connectivity index (χ3n) is 3.79. The van der Waals surface area contributed by atoms with E-state index in [9.17, 15) is 9.18 Å². The first-order chi connectivity index (χ1) is 10.5. The molecular weight excluding hydrogens is 279 g/mol. The lowest BCUT2D eigenvalue weighted by atomic mass is 10.1. The number of carbonyl (C=O) groups excluding carboxylic acids is 1. The molecule has 0 spiro atoms. The molecule has 0 aromatic heterocycles. The van der Waals surface area contributed by atoms with E-state index in [-0.39, 0.29) is 24.3 Å². The zero-order valence-corrected chi connectivity index (χ0v) is 13.1. The van der Waals surface area contributed by atoms with Crippen molar-refractivity contribution in [3.05, 3.63) is 65.0 Å². The summed E-state index contributed by atoms with van der Waals surface area (Å²) in [7, 11) is 0. The van der Waals surface area contributed by atoms with E-state index in [1.165, 1.54) is 17.7 Å². The predicted molar refractivity (Wildman–Crippen MR) is 87.4 cm³/mol. The number of amides is 1. The Balaban J connectivity index is 1.90. The van der Waals surface area contributed by atoms with E-state index in [0.717, 1.165) is 16.8 Å². The Hall–Kier alpha value is -2.36. The zero-order valence-electron chi connectivity index (χ0n) is 13.1. The van der Waals surface area contributed by atoms with Crippen molar-refractivity contribution < 1.29 is 9.18 Å². The fourth-order valence-electron chi connectivity index (χ4n) is 2.25.